The fourth-order valence-corrected chi connectivity index (χ4v) is 6.00. The third-order valence-corrected chi connectivity index (χ3v) is 8.40. The maximum absolute atomic E-state index is 13.7. The summed E-state index contributed by atoms with van der Waals surface area (Å²) in [7, 11) is -14.5. The van der Waals surface area contributed by atoms with Crippen LogP contribution in [0.1, 0.15) is 12.8 Å². The van der Waals surface area contributed by atoms with E-state index in [4.69, 9.17) is 0 Å². The summed E-state index contributed by atoms with van der Waals surface area (Å²) in [6, 6.07) is 4.52. The summed E-state index contributed by atoms with van der Waals surface area (Å²) in [6.45, 7) is 0. The SMILES string of the molecule is O=S(=O)([O-])C(F)(F)C(F)(F)C(F)(F)S(=O)(=O)Oc1cccc([S+]2CCCC2)c1. The van der Waals surface area contributed by atoms with E-state index < -0.39 is 42.4 Å². The summed E-state index contributed by atoms with van der Waals surface area (Å²) in [6.07, 6.45) is 1.74. The van der Waals surface area contributed by atoms with Crippen molar-refractivity contribution in [1.82, 2.24) is 0 Å². The zero-order valence-corrected chi connectivity index (χ0v) is 16.0. The number of hydrogen-bond donors (Lipinski definition) is 0. The highest BCUT2D eigenvalue weighted by molar-refractivity contribution is 7.97. The van der Waals surface area contributed by atoms with Crippen LogP contribution in [0.15, 0.2) is 29.2 Å². The van der Waals surface area contributed by atoms with Crippen LogP contribution in [-0.4, -0.2) is 49.3 Å². The van der Waals surface area contributed by atoms with Crippen molar-refractivity contribution in [3.63, 3.8) is 0 Å². The Morgan fingerprint density at radius 2 is 1.46 bits per heavy atom. The van der Waals surface area contributed by atoms with Crippen LogP contribution in [0.4, 0.5) is 26.3 Å². The Balaban J connectivity index is 2.39. The lowest BCUT2D eigenvalue weighted by Crippen LogP contribution is -2.61. The van der Waals surface area contributed by atoms with Gasteiger partial charge in [-0.15, -0.1) is 0 Å². The van der Waals surface area contributed by atoms with Crippen molar-refractivity contribution in [1.29, 1.82) is 0 Å². The van der Waals surface area contributed by atoms with E-state index in [1.54, 1.807) is 0 Å². The number of benzene rings is 1. The van der Waals surface area contributed by atoms with Gasteiger partial charge in [-0.2, -0.15) is 34.8 Å². The molecule has 0 aromatic heterocycles. The van der Waals surface area contributed by atoms with Gasteiger partial charge >= 0.3 is 26.5 Å². The van der Waals surface area contributed by atoms with Gasteiger partial charge in [-0.3, -0.25) is 0 Å². The molecule has 0 amide bonds. The molecule has 1 aromatic carbocycles. The predicted octanol–water partition coefficient (Wildman–Crippen LogP) is 2.53. The second-order valence-electron chi connectivity index (χ2n) is 5.68. The molecule has 160 valence electrons. The normalized spacial score (nSPS) is 17.7. The van der Waals surface area contributed by atoms with E-state index >= 15 is 0 Å². The molecule has 15 heteroatoms. The Morgan fingerprint density at radius 3 is 1.96 bits per heavy atom. The van der Waals surface area contributed by atoms with Gasteiger partial charge in [0, 0.05) is 17.0 Å². The van der Waals surface area contributed by atoms with Crippen molar-refractivity contribution in [2.45, 2.75) is 34.2 Å². The fourth-order valence-electron chi connectivity index (χ4n) is 2.26. The van der Waals surface area contributed by atoms with E-state index in [9.17, 15) is 47.7 Å². The lowest BCUT2D eigenvalue weighted by Gasteiger charge is -2.32. The van der Waals surface area contributed by atoms with Gasteiger partial charge in [-0.1, -0.05) is 6.07 Å². The third kappa shape index (κ3) is 3.80. The molecule has 0 bridgehead atoms. The summed E-state index contributed by atoms with van der Waals surface area (Å²) in [4.78, 5) is 0.493. The topological polar surface area (TPSA) is 101 Å². The monoisotopic (exact) mass is 474 g/mol. The molecule has 6 nitrogen and oxygen atoms in total. The molecule has 1 aromatic rings. The van der Waals surface area contributed by atoms with Gasteiger partial charge in [0.1, 0.15) is 17.3 Å². The van der Waals surface area contributed by atoms with Crippen molar-refractivity contribution >= 4 is 31.1 Å². The molecule has 2 rings (SSSR count). The molecule has 0 N–H and O–H groups in total. The highest BCUT2D eigenvalue weighted by atomic mass is 32.2. The first-order valence-corrected chi connectivity index (χ1v) is 11.7. The van der Waals surface area contributed by atoms with Crippen LogP contribution in [0.2, 0.25) is 0 Å². The maximum Gasteiger partial charge on any atom is 0.450 e. The Morgan fingerprint density at radius 1 is 0.929 bits per heavy atom. The summed E-state index contributed by atoms with van der Waals surface area (Å²) >= 11 is 0. The van der Waals surface area contributed by atoms with Gasteiger partial charge in [0.25, 0.3) is 0 Å². The second kappa shape index (κ2) is 7.25. The van der Waals surface area contributed by atoms with Gasteiger partial charge in [-0.05, 0) is 25.0 Å². The summed E-state index contributed by atoms with van der Waals surface area (Å²) in [5.74, 6) is -6.47. The van der Waals surface area contributed by atoms with Gasteiger partial charge in [0.15, 0.2) is 15.0 Å². The van der Waals surface area contributed by atoms with E-state index in [1.807, 2.05) is 0 Å². The van der Waals surface area contributed by atoms with Gasteiger partial charge in [0.05, 0.1) is 0 Å². The summed E-state index contributed by atoms with van der Waals surface area (Å²) in [5, 5.41) is -13.6. The van der Waals surface area contributed by atoms with Gasteiger partial charge in [-0.25, -0.2) is 8.42 Å². The standard InChI is InChI=1S/C13H12F6O6S3/c14-11(15,12(16,17)27(20,21)22)13(18,19)28(23,24)25-9-4-3-5-10(8-9)26-6-1-2-7-26/h3-5,8H,1-2,6-7H2. The first kappa shape index (κ1) is 23.1. The van der Waals surface area contributed by atoms with Crippen LogP contribution in [0.3, 0.4) is 0 Å². The molecule has 1 saturated heterocycles. The Kier molecular flexibility index (Phi) is 5.98. The van der Waals surface area contributed by atoms with Crippen molar-refractivity contribution in [3.05, 3.63) is 24.3 Å². The lowest BCUT2D eigenvalue weighted by molar-refractivity contribution is -0.247. The fraction of sp³-hybridized carbons (Fsp3) is 0.538. The molecule has 1 fully saturated rings. The van der Waals surface area contributed by atoms with Crippen LogP contribution in [0.5, 0.6) is 5.75 Å². The molecule has 0 atom stereocenters. The van der Waals surface area contributed by atoms with Gasteiger partial charge in [0.2, 0.25) is 0 Å². The van der Waals surface area contributed by atoms with Crippen LogP contribution in [0, 0.1) is 0 Å². The van der Waals surface area contributed by atoms with Crippen LogP contribution < -0.4 is 4.18 Å². The molecule has 28 heavy (non-hydrogen) atoms. The smallest absolute Gasteiger partial charge is 0.450 e. The predicted molar refractivity (Wildman–Crippen MR) is 85.1 cm³/mol. The lowest BCUT2D eigenvalue weighted by atomic mass is 10.3. The van der Waals surface area contributed by atoms with Crippen molar-refractivity contribution < 1.29 is 51.9 Å². The van der Waals surface area contributed by atoms with E-state index in [0.29, 0.717) is 4.90 Å². The molecule has 0 spiro atoms. The molecule has 0 saturated carbocycles. The number of rotatable bonds is 7. The van der Waals surface area contributed by atoms with Crippen molar-refractivity contribution in [3.8, 4) is 5.75 Å². The molecule has 0 unspecified atom stereocenters. The average Bonchev–Trinajstić information content (AvgIpc) is 3.07. The zero-order valence-electron chi connectivity index (χ0n) is 13.6. The molecular weight excluding hydrogens is 462 g/mol. The quantitative estimate of drug-likeness (QED) is 0.261. The summed E-state index contributed by atoms with van der Waals surface area (Å²) < 4.78 is 138. The largest absolute Gasteiger partial charge is 0.743 e. The highest BCUT2D eigenvalue weighted by Gasteiger charge is 2.81. The van der Waals surface area contributed by atoms with Crippen LogP contribution in [0.25, 0.3) is 0 Å². The Labute approximate surface area is 159 Å². The van der Waals surface area contributed by atoms with Crippen molar-refractivity contribution in [2.24, 2.45) is 0 Å². The van der Waals surface area contributed by atoms with Crippen LogP contribution in [-0.2, 0) is 31.1 Å². The van der Waals surface area contributed by atoms with E-state index in [-0.39, 0.29) is 10.9 Å². The summed E-state index contributed by atoms with van der Waals surface area (Å²) in [5.41, 5.74) is 0. The first-order chi connectivity index (χ1) is 12.5. The maximum atomic E-state index is 13.7. The minimum atomic E-state index is -7.33. The average molecular weight is 474 g/mol. The van der Waals surface area contributed by atoms with E-state index in [2.05, 4.69) is 4.18 Å². The molecule has 0 aliphatic carbocycles. The highest BCUT2D eigenvalue weighted by Crippen LogP contribution is 2.50. The first-order valence-electron chi connectivity index (χ1n) is 7.35. The molecule has 1 aliphatic rings. The minimum absolute atomic E-state index is 0.345. The van der Waals surface area contributed by atoms with Crippen molar-refractivity contribution in [2.75, 3.05) is 11.5 Å². The Bertz CT molecular complexity index is 941. The molecule has 1 aliphatic heterocycles. The van der Waals surface area contributed by atoms with Gasteiger partial charge < -0.3 is 8.74 Å². The van der Waals surface area contributed by atoms with E-state index in [1.165, 1.54) is 12.1 Å². The van der Waals surface area contributed by atoms with Crippen LogP contribution >= 0.6 is 0 Å². The number of halogens is 6. The molecule has 1 heterocycles. The zero-order chi connectivity index (χ0) is 21.6. The second-order valence-corrected chi connectivity index (χ2v) is 11.0. The number of alkyl halides is 6. The molecule has 0 radical (unpaired) electrons. The molecular formula is C13H12F6O6S3. The Hall–Kier alpha value is -1.19. The van der Waals surface area contributed by atoms with E-state index in [0.717, 1.165) is 36.5 Å². The number of hydrogen-bond acceptors (Lipinski definition) is 6. The third-order valence-electron chi connectivity index (χ3n) is 3.74. The minimum Gasteiger partial charge on any atom is -0.743 e.